The van der Waals surface area contributed by atoms with E-state index in [1.54, 1.807) is 0 Å². The lowest BCUT2D eigenvalue weighted by atomic mass is 10.2. The SMILES string of the molecule is c1ccc2c(c1)cnn2C1CCNC1. The van der Waals surface area contributed by atoms with Crippen LogP contribution in [-0.4, -0.2) is 22.9 Å². The van der Waals surface area contributed by atoms with E-state index in [1.807, 2.05) is 6.20 Å². The van der Waals surface area contributed by atoms with Crippen LogP contribution in [0, 0.1) is 0 Å². The van der Waals surface area contributed by atoms with Gasteiger partial charge in [0.05, 0.1) is 17.8 Å². The highest BCUT2D eigenvalue weighted by Crippen LogP contribution is 2.21. The molecule has 2 heterocycles. The van der Waals surface area contributed by atoms with Crippen LogP contribution < -0.4 is 5.32 Å². The van der Waals surface area contributed by atoms with Crippen LogP contribution in [0.3, 0.4) is 0 Å². The molecule has 0 radical (unpaired) electrons. The van der Waals surface area contributed by atoms with E-state index in [0.29, 0.717) is 6.04 Å². The van der Waals surface area contributed by atoms with Gasteiger partial charge in [-0.1, -0.05) is 18.2 Å². The average Bonchev–Trinajstić information content (AvgIpc) is 2.85. The Morgan fingerprint density at radius 1 is 1.36 bits per heavy atom. The first-order chi connectivity index (χ1) is 6.95. The molecule has 1 unspecified atom stereocenters. The normalized spacial score (nSPS) is 21.9. The molecule has 0 saturated carbocycles. The number of rotatable bonds is 1. The smallest absolute Gasteiger partial charge is 0.0686 e. The number of benzene rings is 1. The fraction of sp³-hybridized carbons (Fsp3) is 0.364. The van der Waals surface area contributed by atoms with Crippen molar-refractivity contribution in [3.05, 3.63) is 30.5 Å². The first kappa shape index (κ1) is 8.00. The summed E-state index contributed by atoms with van der Waals surface area (Å²) in [5, 5.41) is 9.05. The lowest BCUT2D eigenvalue weighted by Gasteiger charge is -2.09. The highest BCUT2D eigenvalue weighted by Gasteiger charge is 2.18. The Morgan fingerprint density at radius 2 is 2.29 bits per heavy atom. The van der Waals surface area contributed by atoms with Crippen LogP contribution in [0.4, 0.5) is 0 Å². The van der Waals surface area contributed by atoms with Crippen molar-refractivity contribution in [2.75, 3.05) is 13.1 Å². The van der Waals surface area contributed by atoms with Crippen molar-refractivity contribution in [3.8, 4) is 0 Å². The molecular weight excluding hydrogens is 174 g/mol. The van der Waals surface area contributed by atoms with Crippen molar-refractivity contribution in [1.82, 2.24) is 15.1 Å². The van der Waals surface area contributed by atoms with Gasteiger partial charge in [0, 0.05) is 11.9 Å². The molecule has 0 spiro atoms. The Balaban J connectivity index is 2.11. The number of aromatic nitrogens is 2. The number of fused-ring (bicyclic) bond motifs is 1. The standard InChI is InChI=1S/C11H13N3/c1-2-4-11-9(3-1)7-13-14(11)10-5-6-12-8-10/h1-4,7,10,12H,5-6,8H2. The van der Waals surface area contributed by atoms with E-state index < -0.39 is 0 Å². The predicted molar refractivity (Wildman–Crippen MR) is 56.3 cm³/mol. The van der Waals surface area contributed by atoms with Gasteiger partial charge in [0.15, 0.2) is 0 Å². The van der Waals surface area contributed by atoms with Crippen molar-refractivity contribution >= 4 is 10.9 Å². The lowest BCUT2D eigenvalue weighted by molar-refractivity contribution is 0.506. The summed E-state index contributed by atoms with van der Waals surface area (Å²) in [7, 11) is 0. The molecule has 0 amide bonds. The zero-order valence-corrected chi connectivity index (χ0v) is 7.98. The summed E-state index contributed by atoms with van der Waals surface area (Å²) in [6, 6.07) is 8.92. The van der Waals surface area contributed by atoms with E-state index >= 15 is 0 Å². The number of nitrogens with one attached hydrogen (secondary N) is 1. The summed E-state index contributed by atoms with van der Waals surface area (Å²) in [5.74, 6) is 0. The average molecular weight is 187 g/mol. The molecule has 1 aromatic carbocycles. The predicted octanol–water partition coefficient (Wildman–Crippen LogP) is 1.57. The van der Waals surface area contributed by atoms with Gasteiger partial charge >= 0.3 is 0 Å². The molecule has 3 rings (SSSR count). The molecule has 1 atom stereocenters. The molecule has 1 aliphatic heterocycles. The number of hydrogen-bond acceptors (Lipinski definition) is 2. The third-order valence-electron chi connectivity index (χ3n) is 2.88. The van der Waals surface area contributed by atoms with Crippen molar-refractivity contribution < 1.29 is 0 Å². The Bertz CT molecular complexity index is 440. The van der Waals surface area contributed by atoms with Gasteiger partial charge in [-0.3, -0.25) is 4.68 Å². The maximum atomic E-state index is 4.45. The summed E-state index contributed by atoms with van der Waals surface area (Å²) < 4.78 is 2.15. The van der Waals surface area contributed by atoms with Gasteiger partial charge in [0.1, 0.15) is 0 Å². The number of hydrogen-bond donors (Lipinski definition) is 1. The molecule has 3 nitrogen and oxygen atoms in total. The molecule has 1 aliphatic rings. The first-order valence-electron chi connectivity index (χ1n) is 5.08. The van der Waals surface area contributed by atoms with Gasteiger partial charge < -0.3 is 5.32 Å². The second kappa shape index (κ2) is 3.10. The maximum Gasteiger partial charge on any atom is 0.0686 e. The van der Waals surface area contributed by atoms with E-state index in [0.717, 1.165) is 13.1 Å². The van der Waals surface area contributed by atoms with Gasteiger partial charge in [0.2, 0.25) is 0 Å². The summed E-state index contributed by atoms with van der Waals surface area (Å²) >= 11 is 0. The maximum absolute atomic E-state index is 4.45. The first-order valence-corrected chi connectivity index (χ1v) is 5.08. The third-order valence-corrected chi connectivity index (χ3v) is 2.88. The third kappa shape index (κ3) is 1.13. The minimum absolute atomic E-state index is 0.537. The Hall–Kier alpha value is -1.35. The van der Waals surface area contributed by atoms with E-state index in [9.17, 15) is 0 Å². The second-order valence-electron chi connectivity index (χ2n) is 3.79. The van der Waals surface area contributed by atoms with Crippen LogP contribution in [-0.2, 0) is 0 Å². The summed E-state index contributed by atoms with van der Waals surface area (Å²) in [6.07, 6.45) is 3.14. The van der Waals surface area contributed by atoms with Crippen LogP contribution in [0.1, 0.15) is 12.5 Å². The molecule has 0 bridgehead atoms. The molecule has 1 aromatic heterocycles. The molecule has 0 aliphatic carbocycles. The monoisotopic (exact) mass is 187 g/mol. The fourth-order valence-corrected chi connectivity index (χ4v) is 2.13. The molecular formula is C11H13N3. The minimum atomic E-state index is 0.537. The zero-order valence-electron chi connectivity index (χ0n) is 7.98. The molecule has 72 valence electrons. The van der Waals surface area contributed by atoms with Gasteiger partial charge in [-0.15, -0.1) is 0 Å². The quantitative estimate of drug-likeness (QED) is 0.734. The van der Waals surface area contributed by atoms with E-state index in [4.69, 9.17) is 0 Å². The molecule has 1 N–H and O–H groups in total. The molecule has 14 heavy (non-hydrogen) atoms. The van der Waals surface area contributed by atoms with Crippen molar-refractivity contribution in [1.29, 1.82) is 0 Å². The highest BCUT2D eigenvalue weighted by molar-refractivity contribution is 5.78. The summed E-state index contributed by atoms with van der Waals surface area (Å²) in [4.78, 5) is 0. The Morgan fingerprint density at radius 3 is 3.14 bits per heavy atom. The topological polar surface area (TPSA) is 29.9 Å². The van der Waals surface area contributed by atoms with Gasteiger partial charge in [0.25, 0.3) is 0 Å². The Labute approximate surface area is 82.7 Å². The largest absolute Gasteiger partial charge is 0.315 e. The number of nitrogens with zero attached hydrogens (tertiary/aromatic N) is 2. The van der Waals surface area contributed by atoms with E-state index in [-0.39, 0.29) is 0 Å². The van der Waals surface area contributed by atoms with Crippen molar-refractivity contribution in [2.45, 2.75) is 12.5 Å². The summed E-state index contributed by atoms with van der Waals surface area (Å²) in [6.45, 7) is 2.16. The van der Waals surface area contributed by atoms with Crippen LogP contribution in [0.5, 0.6) is 0 Å². The Kier molecular flexibility index (Phi) is 1.77. The van der Waals surface area contributed by atoms with Gasteiger partial charge in [-0.25, -0.2) is 0 Å². The number of para-hydroxylation sites is 1. The molecule has 1 fully saturated rings. The van der Waals surface area contributed by atoms with Crippen molar-refractivity contribution in [2.24, 2.45) is 0 Å². The fourth-order valence-electron chi connectivity index (χ4n) is 2.13. The molecule has 2 aromatic rings. The highest BCUT2D eigenvalue weighted by atomic mass is 15.3. The molecule has 1 saturated heterocycles. The van der Waals surface area contributed by atoms with Gasteiger partial charge in [-0.2, -0.15) is 5.10 Å². The van der Waals surface area contributed by atoms with Crippen LogP contribution in [0.2, 0.25) is 0 Å². The second-order valence-corrected chi connectivity index (χ2v) is 3.79. The van der Waals surface area contributed by atoms with E-state index in [1.165, 1.54) is 17.3 Å². The summed E-state index contributed by atoms with van der Waals surface area (Å²) in [5.41, 5.74) is 1.25. The van der Waals surface area contributed by atoms with Crippen molar-refractivity contribution in [3.63, 3.8) is 0 Å². The van der Waals surface area contributed by atoms with Gasteiger partial charge in [-0.05, 0) is 19.0 Å². The molecule has 3 heteroatoms. The zero-order chi connectivity index (χ0) is 9.38. The lowest BCUT2D eigenvalue weighted by Crippen LogP contribution is -2.14. The minimum Gasteiger partial charge on any atom is -0.315 e. The van der Waals surface area contributed by atoms with Crippen LogP contribution in [0.15, 0.2) is 30.5 Å². The van der Waals surface area contributed by atoms with Crippen LogP contribution in [0.25, 0.3) is 10.9 Å². The van der Waals surface area contributed by atoms with Crippen LogP contribution >= 0.6 is 0 Å². The van der Waals surface area contributed by atoms with E-state index in [2.05, 4.69) is 39.4 Å².